The number of benzene rings is 3. The van der Waals surface area contributed by atoms with Crippen molar-refractivity contribution in [1.29, 1.82) is 0 Å². The van der Waals surface area contributed by atoms with Gasteiger partial charge in [0.1, 0.15) is 0 Å². The van der Waals surface area contributed by atoms with E-state index in [1.165, 1.54) is 34.7 Å². The van der Waals surface area contributed by atoms with Gasteiger partial charge < -0.3 is 0 Å². The maximum atomic E-state index is 2.40. The molecule has 0 unspecified atom stereocenters. The third-order valence-corrected chi connectivity index (χ3v) is 4.45. The van der Waals surface area contributed by atoms with Crippen molar-refractivity contribution in [3.63, 3.8) is 0 Å². The Hall–Kier alpha value is -2.08. The minimum absolute atomic E-state index is 1.13. The van der Waals surface area contributed by atoms with E-state index < -0.39 is 0 Å². The van der Waals surface area contributed by atoms with E-state index in [2.05, 4.69) is 60.7 Å². The van der Waals surface area contributed by atoms with E-state index in [1.54, 1.807) is 11.1 Å². The first kappa shape index (κ1) is 11.7. The number of rotatable bonds is 3. The van der Waals surface area contributed by atoms with Crippen LogP contribution in [0.2, 0.25) is 0 Å². The molecule has 20 heavy (non-hydrogen) atoms. The molecule has 0 N–H and O–H groups in total. The van der Waals surface area contributed by atoms with E-state index in [0.717, 1.165) is 12.8 Å². The SMILES string of the molecule is c1ccc2cc(CCc3ccc4c(c3)CC4)ccc2c1. The highest BCUT2D eigenvalue weighted by Crippen LogP contribution is 2.24. The van der Waals surface area contributed by atoms with Gasteiger partial charge in [-0.25, -0.2) is 0 Å². The van der Waals surface area contributed by atoms with Crippen molar-refractivity contribution in [1.82, 2.24) is 0 Å². The predicted octanol–water partition coefficient (Wildman–Crippen LogP) is 4.72. The van der Waals surface area contributed by atoms with Crippen molar-refractivity contribution >= 4 is 10.8 Å². The summed E-state index contributed by atoms with van der Waals surface area (Å²) in [5.41, 5.74) is 6.04. The standard InChI is InChI=1S/C20H18/c1-2-4-19-13-15(7-9-17(19)3-1)5-6-16-8-10-18-11-12-20(18)14-16/h1-4,7-10,13-14H,5-6,11-12H2. The molecule has 0 saturated carbocycles. The van der Waals surface area contributed by atoms with Gasteiger partial charge in [-0.05, 0) is 58.7 Å². The Morgan fingerprint density at radius 1 is 0.600 bits per heavy atom. The van der Waals surface area contributed by atoms with Crippen LogP contribution in [0.5, 0.6) is 0 Å². The van der Waals surface area contributed by atoms with Crippen molar-refractivity contribution in [2.45, 2.75) is 25.7 Å². The van der Waals surface area contributed by atoms with Gasteiger partial charge in [0, 0.05) is 0 Å². The zero-order valence-corrected chi connectivity index (χ0v) is 11.6. The Morgan fingerprint density at radius 2 is 1.30 bits per heavy atom. The largest absolute Gasteiger partial charge is 0.0616 e. The summed E-state index contributed by atoms with van der Waals surface area (Å²) in [6.45, 7) is 0. The topological polar surface area (TPSA) is 0 Å². The zero-order chi connectivity index (χ0) is 13.4. The lowest BCUT2D eigenvalue weighted by Gasteiger charge is -2.19. The first-order chi connectivity index (χ1) is 9.88. The van der Waals surface area contributed by atoms with Gasteiger partial charge in [-0.1, -0.05) is 60.7 Å². The second-order valence-electron chi connectivity index (χ2n) is 5.78. The third-order valence-electron chi connectivity index (χ3n) is 4.45. The molecule has 1 aliphatic carbocycles. The van der Waals surface area contributed by atoms with Gasteiger partial charge in [0.15, 0.2) is 0 Å². The molecule has 0 atom stereocenters. The van der Waals surface area contributed by atoms with Gasteiger partial charge in [0.05, 0.1) is 0 Å². The molecule has 0 amide bonds. The molecule has 0 heteroatoms. The highest BCUT2D eigenvalue weighted by molar-refractivity contribution is 5.82. The molecule has 4 rings (SSSR count). The van der Waals surface area contributed by atoms with Gasteiger partial charge in [0.25, 0.3) is 0 Å². The predicted molar refractivity (Wildman–Crippen MR) is 85.2 cm³/mol. The van der Waals surface area contributed by atoms with Gasteiger partial charge in [-0.15, -0.1) is 0 Å². The second kappa shape index (κ2) is 4.79. The van der Waals surface area contributed by atoms with Crippen LogP contribution in [-0.2, 0) is 25.7 Å². The van der Waals surface area contributed by atoms with Crippen molar-refractivity contribution in [2.24, 2.45) is 0 Å². The van der Waals surface area contributed by atoms with Gasteiger partial charge in [0.2, 0.25) is 0 Å². The molecule has 1 aliphatic rings. The molecule has 0 nitrogen and oxygen atoms in total. The quantitative estimate of drug-likeness (QED) is 0.637. The summed E-state index contributed by atoms with van der Waals surface area (Å²) in [6, 6.07) is 22.4. The highest BCUT2D eigenvalue weighted by Gasteiger charge is 2.12. The number of hydrogen-bond donors (Lipinski definition) is 0. The second-order valence-corrected chi connectivity index (χ2v) is 5.78. The Morgan fingerprint density at radius 3 is 2.05 bits per heavy atom. The summed E-state index contributed by atoms with van der Waals surface area (Å²) in [5.74, 6) is 0. The fourth-order valence-electron chi connectivity index (χ4n) is 3.09. The molecule has 0 bridgehead atoms. The van der Waals surface area contributed by atoms with Crippen LogP contribution >= 0.6 is 0 Å². The van der Waals surface area contributed by atoms with Crippen LogP contribution in [0, 0.1) is 0 Å². The van der Waals surface area contributed by atoms with Crippen LogP contribution in [0.15, 0.2) is 60.7 Å². The maximum Gasteiger partial charge on any atom is -0.0181 e. The molecule has 0 aliphatic heterocycles. The average Bonchev–Trinajstić information content (AvgIpc) is 2.47. The number of aryl methyl sites for hydroxylation is 4. The van der Waals surface area contributed by atoms with Crippen molar-refractivity contribution in [3.05, 3.63) is 82.9 Å². The number of fused-ring (bicyclic) bond motifs is 2. The number of hydrogen-bond acceptors (Lipinski definition) is 0. The summed E-state index contributed by atoms with van der Waals surface area (Å²) in [7, 11) is 0. The summed E-state index contributed by atoms with van der Waals surface area (Å²) >= 11 is 0. The maximum absolute atomic E-state index is 2.40. The molecule has 0 saturated heterocycles. The smallest absolute Gasteiger partial charge is 0.0181 e. The van der Waals surface area contributed by atoms with Crippen LogP contribution < -0.4 is 0 Å². The Labute approximate surface area is 120 Å². The van der Waals surface area contributed by atoms with Crippen molar-refractivity contribution < 1.29 is 0 Å². The first-order valence-electron chi connectivity index (χ1n) is 7.47. The summed E-state index contributed by atoms with van der Waals surface area (Å²) in [5, 5.41) is 2.68. The van der Waals surface area contributed by atoms with E-state index in [-0.39, 0.29) is 0 Å². The zero-order valence-electron chi connectivity index (χ0n) is 11.6. The molecule has 0 spiro atoms. The Kier molecular flexibility index (Phi) is 2.81. The van der Waals surface area contributed by atoms with Crippen molar-refractivity contribution in [3.8, 4) is 0 Å². The minimum atomic E-state index is 1.13. The lowest BCUT2D eigenvalue weighted by Crippen LogP contribution is -2.08. The third kappa shape index (κ3) is 2.12. The highest BCUT2D eigenvalue weighted by atomic mass is 14.2. The molecule has 0 aromatic heterocycles. The average molecular weight is 258 g/mol. The lowest BCUT2D eigenvalue weighted by molar-refractivity contribution is 0.828. The lowest BCUT2D eigenvalue weighted by atomic mass is 9.86. The van der Waals surface area contributed by atoms with E-state index >= 15 is 0 Å². The summed E-state index contributed by atoms with van der Waals surface area (Å²) in [4.78, 5) is 0. The molecule has 3 aromatic rings. The minimum Gasteiger partial charge on any atom is -0.0616 e. The van der Waals surface area contributed by atoms with E-state index in [9.17, 15) is 0 Å². The van der Waals surface area contributed by atoms with Gasteiger partial charge >= 0.3 is 0 Å². The van der Waals surface area contributed by atoms with Gasteiger partial charge in [-0.2, -0.15) is 0 Å². The van der Waals surface area contributed by atoms with Crippen molar-refractivity contribution in [2.75, 3.05) is 0 Å². The van der Waals surface area contributed by atoms with Crippen LogP contribution in [-0.4, -0.2) is 0 Å². The molecule has 0 heterocycles. The fourth-order valence-corrected chi connectivity index (χ4v) is 3.09. The monoisotopic (exact) mass is 258 g/mol. The van der Waals surface area contributed by atoms with E-state index in [1.807, 2.05) is 0 Å². The first-order valence-corrected chi connectivity index (χ1v) is 7.47. The van der Waals surface area contributed by atoms with E-state index in [4.69, 9.17) is 0 Å². The molecule has 0 radical (unpaired) electrons. The Bertz CT molecular complexity index is 768. The van der Waals surface area contributed by atoms with E-state index in [0.29, 0.717) is 0 Å². The normalized spacial score (nSPS) is 13.0. The van der Waals surface area contributed by atoms with Crippen LogP contribution in [0.1, 0.15) is 22.3 Å². The summed E-state index contributed by atoms with van der Waals surface area (Å²) in [6.07, 6.45) is 4.83. The van der Waals surface area contributed by atoms with Gasteiger partial charge in [-0.3, -0.25) is 0 Å². The fraction of sp³-hybridized carbons (Fsp3) is 0.200. The van der Waals surface area contributed by atoms with Crippen LogP contribution in [0.4, 0.5) is 0 Å². The van der Waals surface area contributed by atoms with Crippen LogP contribution in [0.3, 0.4) is 0 Å². The molecular formula is C20H18. The summed E-state index contributed by atoms with van der Waals surface area (Å²) < 4.78 is 0. The molecule has 0 fully saturated rings. The molecule has 98 valence electrons. The molecule has 3 aromatic carbocycles. The Balaban J connectivity index is 1.53. The van der Waals surface area contributed by atoms with Crippen LogP contribution in [0.25, 0.3) is 10.8 Å². The molecular weight excluding hydrogens is 240 g/mol.